The third kappa shape index (κ3) is 4.57. The average Bonchev–Trinajstić information content (AvgIpc) is 3.51. The van der Waals surface area contributed by atoms with E-state index >= 15 is 0 Å². The van der Waals surface area contributed by atoms with Crippen molar-refractivity contribution in [2.75, 3.05) is 0 Å². The second kappa shape index (κ2) is 12.4. The highest BCUT2D eigenvalue weighted by molar-refractivity contribution is 7.19. The van der Waals surface area contributed by atoms with E-state index < -0.39 is 13.5 Å². The van der Waals surface area contributed by atoms with Crippen molar-refractivity contribution in [3.63, 3.8) is 0 Å². The van der Waals surface area contributed by atoms with E-state index in [-0.39, 0.29) is 0 Å². The zero-order valence-corrected chi connectivity index (χ0v) is 28.7. The van der Waals surface area contributed by atoms with Crippen LogP contribution < -0.4 is 20.7 Å². The Bertz CT molecular complexity index is 2250. The van der Waals surface area contributed by atoms with Gasteiger partial charge in [0.2, 0.25) is 0 Å². The van der Waals surface area contributed by atoms with Crippen LogP contribution in [0.15, 0.2) is 213 Å². The molecule has 1 heterocycles. The standard InChI is InChI=1S/C48H35NSi/c1-5-15-38(16-6-1)48(39-31-33-49-34-32-39)46-24-14-13-23-44(46)45-35-37(27-30-47(45)48)36-25-28-43(29-26-36)50(40-17-7-2-8-18-40,41-19-9-3-10-20-41)42-21-11-4-12-22-42/h1-35H. The van der Waals surface area contributed by atoms with Crippen molar-refractivity contribution in [3.05, 3.63) is 235 Å². The van der Waals surface area contributed by atoms with Gasteiger partial charge >= 0.3 is 0 Å². The Morgan fingerprint density at radius 1 is 0.340 bits per heavy atom. The Hall–Kier alpha value is -6.09. The van der Waals surface area contributed by atoms with Gasteiger partial charge in [-0.2, -0.15) is 0 Å². The fourth-order valence-electron chi connectivity index (χ4n) is 8.52. The lowest BCUT2D eigenvalue weighted by atomic mass is 9.68. The van der Waals surface area contributed by atoms with Crippen molar-refractivity contribution < 1.29 is 0 Å². The molecule has 0 amide bonds. The molecule has 8 aromatic rings. The first kappa shape index (κ1) is 30.0. The molecular weight excluding hydrogens is 619 g/mol. The molecule has 1 aliphatic carbocycles. The van der Waals surface area contributed by atoms with Crippen LogP contribution in [0.5, 0.6) is 0 Å². The summed E-state index contributed by atoms with van der Waals surface area (Å²) >= 11 is 0. The summed E-state index contributed by atoms with van der Waals surface area (Å²) in [5.41, 5.74) is 9.68. The van der Waals surface area contributed by atoms with Gasteiger partial charge in [-0.15, -0.1) is 0 Å². The topological polar surface area (TPSA) is 12.9 Å². The average molecular weight is 654 g/mol. The highest BCUT2D eigenvalue weighted by Crippen LogP contribution is 2.56. The fourth-order valence-corrected chi connectivity index (χ4v) is 13.3. The number of fused-ring (bicyclic) bond motifs is 3. The van der Waals surface area contributed by atoms with Crippen LogP contribution in [0.1, 0.15) is 22.3 Å². The molecule has 0 N–H and O–H groups in total. The van der Waals surface area contributed by atoms with E-state index in [4.69, 9.17) is 0 Å². The molecule has 1 nitrogen and oxygen atoms in total. The van der Waals surface area contributed by atoms with Gasteiger partial charge in [0.1, 0.15) is 0 Å². The molecule has 0 saturated carbocycles. The molecule has 0 radical (unpaired) electrons. The second-order valence-corrected chi connectivity index (χ2v) is 16.9. The van der Waals surface area contributed by atoms with E-state index in [0.717, 1.165) is 0 Å². The van der Waals surface area contributed by atoms with Crippen LogP contribution in [-0.4, -0.2) is 13.1 Å². The van der Waals surface area contributed by atoms with Crippen LogP contribution in [0, 0.1) is 0 Å². The van der Waals surface area contributed by atoms with Gasteiger partial charge in [0, 0.05) is 12.4 Å². The highest BCUT2D eigenvalue weighted by Gasteiger charge is 2.46. The summed E-state index contributed by atoms with van der Waals surface area (Å²) in [5, 5.41) is 5.52. The van der Waals surface area contributed by atoms with Gasteiger partial charge < -0.3 is 0 Å². The van der Waals surface area contributed by atoms with Crippen LogP contribution in [0.4, 0.5) is 0 Å². The molecule has 1 aromatic heterocycles. The van der Waals surface area contributed by atoms with Crippen molar-refractivity contribution in [1.29, 1.82) is 0 Å². The Balaban J connectivity index is 1.22. The van der Waals surface area contributed by atoms with Crippen LogP contribution in [0.2, 0.25) is 0 Å². The summed E-state index contributed by atoms with van der Waals surface area (Å²) < 4.78 is 0. The van der Waals surface area contributed by atoms with Gasteiger partial charge in [0.15, 0.2) is 8.07 Å². The lowest BCUT2D eigenvalue weighted by Gasteiger charge is -2.34. The molecule has 1 aliphatic rings. The minimum atomic E-state index is -2.59. The SMILES string of the molecule is c1ccc(C2(c3ccncc3)c3ccccc3-c3cc(-c4ccc([Si](c5ccccc5)(c5ccccc5)c5ccccc5)cc4)ccc32)cc1. The van der Waals surface area contributed by atoms with Gasteiger partial charge in [0.25, 0.3) is 0 Å². The molecule has 0 saturated heterocycles. The molecule has 0 fully saturated rings. The van der Waals surface area contributed by atoms with Gasteiger partial charge in [-0.05, 0) is 83.5 Å². The summed E-state index contributed by atoms with van der Waals surface area (Å²) in [6.07, 6.45) is 3.83. The number of rotatable bonds is 7. The monoisotopic (exact) mass is 653 g/mol. The summed E-state index contributed by atoms with van der Waals surface area (Å²) in [4.78, 5) is 4.39. The third-order valence-electron chi connectivity index (χ3n) is 10.6. The minimum absolute atomic E-state index is 0.426. The minimum Gasteiger partial charge on any atom is -0.265 e. The molecule has 0 bridgehead atoms. The smallest absolute Gasteiger partial charge is 0.179 e. The van der Waals surface area contributed by atoms with Crippen LogP contribution in [0.25, 0.3) is 22.3 Å². The Morgan fingerprint density at radius 2 is 0.780 bits per heavy atom. The predicted octanol–water partition coefficient (Wildman–Crippen LogP) is 8.49. The van der Waals surface area contributed by atoms with Gasteiger partial charge in [-0.3, -0.25) is 4.98 Å². The molecule has 236 valence electrons. The lowest BCUT2D eigenvalue weighted by Crippen LogP contribution is -2.74. The van der Waals surface area contributed by atoms with E-state index in [9.17, 15) is 0 Å². The molecule has 1 unspecified atom stereocenters. The molecular formula is C48H35NSi. The van der Waals surface area contributed by atoms with E-state index in [1.54, 1.807) is 0 Å². The van der Waals surface area contributed by atoms with E-state index in [1.807, 2.05) is 12.4 Å². The third-order valence-corrected chi connectivity index (χ3v) is 15.4. The van der Waals surface area contributed by atoms with Crippen molar-refractivity contribution in [3.8, 4) is 22.3 Å². The summed E-state index contributed by atoms with van der Waals surface area (Å²) in [7, 11) is -2.59. The zero-order valence-electron chi connectivity index (χ0n) is 27.7. The number of pyridine rings is 1. The fraction of sp³-hybridized carbons (Fsp3) is 0.0208. The summed E-state index contributed by atoms with van der Waals surface area (Å²) in [6, 6.07) is 74.1. The lowest BCUT2D eigenvalue weighted by molar-refractivity contribution is 0.766. The van der Waals surface area contributed by atoms with Crippen molar-refractivity contribution in [2.24, 2.45) is 0 Å². The molecule has 0 aliphatic heterocycles. The Kier molecular flexibility index (Phi) is 7.45. The maximum absolute atomic E-state index is 4.39. The molecule has 2 heteroatoms. The quantitative estimate of drug-likeness (QED) is 0.124. The normalized spacial score (nSPS) is 14.9. The van der Waals surface area contributed by atoms with E-state index in [1.165, 1.54) is 65.3 Å². The van der Waals surface area contributed by atoms with Crippen molar-refractivity contribution in [2.45, 2.75) is 5.41 Å². The molecule has 7 aromatic carbocycles. The number of aromatic nitrogens is 1. The first-order valence-electron chi connectivity index (χ1n) is 17.3. The van der Waals surface area contributed by atoms with Gasteiger partial charge in [0.05, 0.1) is 5.41 Å². The molecule has 50 heavy (non-hydrogen) atoms. The summed E-state index contributed by atoms with van der Waals surface area (Å²) in [5.74, 6) is 0. The van der Waals surface area contributed by atoms with Crippen molar-refractivity contribution in [1.82, 2.24) is 4.98 Å². The Morgan fingerprint density at radius 3 is 1.36 bits per heavy atom. The van der Waals surface area contributed by atoms with Crippen LogP contribution in [0.3, 0.4) is 0 Å². The van der Waals surface area contributed by atoms with Crippen molar-refractivity contribution >= 4 is 28.8 Å². The highest BCUT2D eigenvalue weighted by atomic mass is 28.3. The molecule has 0 spiro atoms. The van der Waals surface area contributed by atoms with Crippen LogP contribution in [-0.2, 0) is 5.41 Å². The first-order valence-corrected chi connectivity index (χ1v) is 19.3. The number of nitrogens with zero attached hydrogens (tertiary/aromatic N) is 1. The second-order valence-electron chi connectivity index (χ2n) is 13.1. The van der Waals surface area contributed by atoms with Crippen LogP contribution >= 0.6 is 0 Å². The molecule has 9 rings (SSSR count). The number of hydrogen-bond acceptors (Lipinski definition) is 1. The van der Waals surface area contributed by atoms with E-state index in [2.05, 4.69) is 205 Å². The predicted molar refractivity (Wildman–Crippen MR) is 211 cm³/mol. The maximum atomic E-state index is 4.39. The zero-order chi connectivity index (χ0) is 33.4. The van der Waals surface area contributed by atoms with Gasteiger partial charge in [-0.1, -0.05) is 182 Å². The first-order chi connectivity index (χ1) is 24.8. The number of hydrogen-bond donors (Lipinski definition) is 0. The maximum Gasteiger partial charge on any atom is 0.179 e. The largest absolute Gasteiger partial charge is 0.265 e. The number of benzene rings is 7. The Labute approximate surface area is 295 Å². The van der Waals surface area contributed by atoms with Gasteiger partial charge in [-0.25, -0.2) is 0 Å². The molecule has 1 atom stereocenters. The van der Waals surface area contributed by atoms with E-state index in [0.29, 0.717) is 0 Å². The summed E-state index contributed by atoms with van der Waals surface area (Å²) in [6.45, 7) is 0.